The summed E-state index contributed by atoms with van der Waals surface area (Å²) in [6.07, 6.45) is 7.52. The molecule has 0 unspecified atom stereocenters. The summed E-state index contributed by atoms with van der Waals surface area (Å²) >= 11 is 0. The first kappa shape index (κ1) is 18.9. The third-order valence-electron chi connectivity index (χ3n) is 7.72. The maximum absolute atomic E-state index is 13.2. The standard InChI is InChI=1S/C23H31N3O3/c27-13-19-20(16-7-2-1-3-8-16)23(14-25(15-23)21(28)17-9-6-10-17)26(19)22(29)24-18-11-4-5-12-18/h1-3,7-8,17-20,27H,4-6,9-15H2,(H,24,29)/t19-,20+/m1/s1. The number of benzene rings is 1. The minimum Gasteiger partial charge on any atom is -0.394 e. The van der Waals surface area contributed by atoms with Gasteiger partial charge in [-0.2, -0.15) is 0 Å². The number of hydrogen-bond donors (Lipinski definition) is 2. The van der Waals surface area contributed by atoms with Crippen LogP contribution in [0.25, 0.3) is 0 Å². The Hall–Kier alpha value is -2.08. The molecular weight excluding hydrogens is 366 g/mol. The third kappa shape index (κ3) is 2.95. The third-order valence-corrected chi connectivity index (χ3v) is 7.72. The Morgan fingerprint density at radius 3 is 2.31 bits per heavy atom. The lowest BCUT2D eigenvalue weighted by Gasteiger charge is -2.70. The molecule has 4 aliphatic rings. The Balaban J connectivity index is 1.38. The Bertz CT molecular complexity index is 767. The summed E-state index contributed by atoms with van der Waals surface area (Å²) in [6, 6.07) is 10.1. The maximum Gasteiger partial charge on any atom is 0.318 e. The largest absolute Gasteiger partial charge is 0.394 e. The van der Waals surface area contributed by atoms with Crippen LogP contribution >= 0.6 is 0 Å². The number of urea groups is 1. The predicted octanol–water partition coefficient (Wildman–Crippen LogP) is 2.48. The zero-order valence-corrected chi connectivity index (χ0v) is 16.9. The van der Waals surface area contributed by atoms with Gasteiger partial charge < -0.3 is 20.2 Å². The van der Waals surface area contributed by atoms with E-state index in [2.05, 4.69) is 17.4 Å². The number of carbonyl (C=O) groups is 2. The van der Waals surface area contributed by atoms with E-state index in [0.717, 1.165) is 50.5 Å². The topological polar surface area (TPSA) is 72.9 Å². The van der Waals surface area contributed by atoms with Gasteiger partial charge in [-0.25, -0.2) is 4.79 Å². The van der Waals surface area contributed by atoms with E-state index in [0.29, 0.717) is 13.1 Å². The summed E-state index contributed by atoms with van der Waals surface area (Å²) in [6.45, 7) is 1.10. The van der Waals surface area contributed by atoms with Crippen LogP contribution in [-0.4, -0.2) is 64.2 Å². The molecule has 1 aromatic rings. The van der Waals surface area contributed by atoms with E-state index < -0.39 is 5.54 Å². The maximum atomic E-state index is 13.2. The second-order valence-corrected chi connectivity index (χ2v) is 9.36. The molecule has 2 heterocycles. The van der Waals surface area contributed by atoms with E-state index in [4.69, 9.17) is 0 Å². The van der Waals surface area contributed by atoms with Gasteiger partial charge in [-0.05, 0) is 31.2 Å². The van der Waals surface area contributed by atoms with E-state index in [-0.39, 0.29) is 42.5 Å². The average molecular weight is 398 g/mol. The van der Waals surface area contributed by atoms with Crippen LogP contribution in [0.2, 0.25) is 0 Å². The quantitative estimate of drug-likeness (QED) is 0.820. The number of likely N-dealkylation sites (tertiary alicyclic amines) is 2. The van der Waals surface area contributed by atoms with Crippen LogP contribution in [-0.2, 0) is 4.79 Å². The Morgan fingerprint density at radius 1 is 1.03 bits per heavy atom. The monoisotopic (exact) mass is 397 g/mol. The first-order valence-corrected chi connectivity index (χ1v) is 11.2. The molecule has 2 saturated carbocycles. The Kier molecular flexibility index (Phi) is 4.77. The predicted molar refractivity (Wildman–Crippen MR) is 109 cm³/mol. The summed E-state index contributed by atoms with van der Waals surface area (Å²) in [5.41, 5.74) is 0.754. The molecule has 4 fully saturated rings. The molecule has 2 aliphatic heterocycles. The van der Waals surface area contributed by atoms with E-state index in [1.165, 1.54) is 0 Å². The van der Waals surface area contributed by atoms with Gasteiger partial charge in [-0.3, -0.25) is 4.79 Å². The number of nitrogens with one attached hydrogen (secondary N) is 1. The lowest BCUT2D eigenvalue weighted by atomic mass is 9.60. The van der Waals surface area contributed by atoms with Crippen LogP contribution in [0.3, 0.4) is 0 Å². The Morgan fingerprint density at radius 2 is 1.72 bits per heavy atom. The van der Waals surface area contributed by atoms with Crippen LogP contribution in [0, 0.1) is 5.92 Å². The highest BCUT2D eigenvalue weighted by Crippen LogP contribution is 2.54. The SMILES string of the molecule is O=C(C1CCC1)N1CC2(C1)[C@@H](c1ccccc1)[C@@H](CO)N2C(=O)NC1CCCC1. The molecular formula is C23H31N3O3. The molecule has 2 saturated heterocycles. The minimum atomic E-state index is -0.392. The van der Waals surface area contributed by atoms with Crippen molar-refractivity contribution in [1.82, 2.24) is 15.1 Å². The van der Waals surface area contributed by atoms with Gasteiger partial charge in [-0.1, -0.05) is 49.6 Å². The van der Waals surface area contributed by atoms with Gasteiger partial charge in [0.1, 0.15) is 0 Å². The van der Waals surface area contributed by atoms with Crippen molar-refractivity contribution in [1.29, 1.82) is 0 Å². The van der Waals surface area contributed by atoms with Gasteiger partial charge >= 0.3 is 6.03 Å². The number of nitrogens with zero attached hydrogens (tertiary/aromatic N) is 2. The molecule has 0 aromatic heterocycles. The number of aliphatic hydroxyl groups excluding tert-OH is 1. The van der Waals surface area contributed by atoms with Crippen LogP contribution in [0.5, 0.6) is 0 Å². The van der Waals surface area contributed by atoms with E-state index in [1.807, 2.05) is 28.0 Å². The summed E-state index contributed by atoms with van der Waals surface area (Å²) in [5.74, 6) is 0.489. The van der Waals surface area contributed by atoms with Crippen molar-refractivity contribution in [2.45, 2.75) is 68.5 Å². The fourth-order valence-electron chi connectivity index (χ4n) is 5.99. The normalized spacial score (nSPS) is 28.6. The smallest absolute Gasteiger partial charge is 0.318 e. The van der Waals surface area contributed by atoms with Crippen molar-refractivity contribution in [2.75, 3.05) is 19.7 Å². The fraction of sp³-hybridized carbons (Fsp3) is 0.652. The molecule has 6 nitrogen and oxygen atoms in total. The van der Waals surface area contributed by atoms with Crippen molar-refractivity contribution < 1.29 is 14.7 Å². The molecule has 3 amide bonds. The molecule has 2 N–H and O–H groups in total. The van der Waals surface area contributed by atoms with E-state index in [1.54, 1.807) is 0 Å². The molecule has 6 heteroatoms. The number of carbonyl (C=O) groups excluding carboxylic acids is 2. The van der Waals surface area contributed by atoms with Crippen molar-refractivity contribution >= 4 is 11.9 Å². The summed E-state index contributed by atoms with van der Waals surface area (Å²) in [4.78, 5) is 29.8. The second kappa shape index (κ2) is 7.31. The lowest BCUT2D eigenvalue weighted by molar-refractivity contribution is -0.182. The highest BCUT2D eigenvalue weighted by atomic mass is 16.3. The molecule has 0 radical (unpaired) electrons. The van der Waals surface area contributed by atoms with Crippen LogP contribution in [0.15, 0.2) is 30.3 Å². The van der Waals surface area contributed by atoms with Gasteiger partial charge in [0.2, 0.25) is 5.91 Å². The molecule has 1 aromatic carbocycles. The zero-order chi connectivity index (χ0) is 20.0. The van der Waals surface area contributed by atoms with Crippen molar-refractivity contribution in [3.8, 4) is 0 Å². The highest BCUT2D eigenvalue weighted by molar-refractivity contribution is 5.83. The molecule has 2 atom stereocenters. The van der Waals surface area contributed by atoms with E-state index >= 15 is 0 Å². The number of amides is 3. The first-order chi connectivity index (χ1) is 14.1. The van der Waals surface area contributed by atoms with Gasteiger partial charge in [0.15, 0.2) is 0 Å². The van der Waals surface area contributed by atoms with Crippen LogP contribution in [0.4, 0.5) is 4.79 Å². The van der Waals surface area contributed by atoms with Gasteiger partial charge in [0, 0.05) is 31.0 Å². The fourth-order valence-corrected chi connectivity index (χ4v) is 5.99. The van der Waals surface area contributed by atoms with Crippen molar-refractivity contribution in [3.63, 3.8) is 0 Å². The Labute approximate surface area is 172 Å². The summed E-state index contributed by atoms with van der Waals surface area (Å²) < 4.78 is 0. The molecule has 5 rings (SSSR count). The van der Waals surface area contributed by atoms with Crippen molar-refractivity contribution in [3.05, 3.63) is 35.9 Å². The van der Waals surface area contributed by atoms with Gasteiger partial charge in [0.05, 0.1) is 18.2 Å². The average Bonchev–Trinajstić information content (AvgIpc) is 3.12. The van der Waals surface area contributed by atoms with E-state index in [9.17, 15) is 14.7 Å². The molecule has 2 aliphatic carbocycles. The zero-order valence-electron chi connectivity index (χ0n) is 16.9. The van der Waals surface area contributed by atoms with Crippen molar-refractivity contribution in [2.24, 2.45) is 5.92 Å². The minimum absolute atomic E-state index is 0.0596. The summed E-state index contributed by atoms with van der Waals surface area (Å²) in [5, 5.41) is 13.4. The molecule has 1 spiro atoms. The molecule has 29 heavy (non-hydrogen) atoms. The highest BCUT2D eigenvalue weighted by Gasteiger charge is 2.68. The molecule has 0 bridgehead atoms. The molecule has 156 valence electrons. The van der Waals surface area contributed by atoms with Gasteiger partial charge in [0.25, 0.3) is 0 Å². The first-order valence-electron chi connectivity index (χ1n) is 11.2. The second-order valence-electron chi connectivity index (χ2n) is 9.36. The lowest BCUT2D eigenvalue weighted by Crippen LogP contribution is -2.87. The number of hydrogen-bond acceptors (Lipinski definition) is 3. The number of aliphatic hydroxyl groups is 1. The van der Waals surface area contributed by atoms with Gasteiger partial charge in [-0.15, -0.1) is 0 Å². The van der Waals surface area contributed by atoms with Crippen LogP contribution < -0.4 is 5.32 Å². The number of rotatable bonds is 4. The van der Waals surface area contributed by atoms with Crippen LogP contribution in [0.1, 0.15) is 56.4 Å². The summed E-state index contributed by atoms with van der Waals surface area (Å²) in [7, 11) is 0.